The Morgan fingerprint density at radius 3 is 2.69 bits per heavy atom. The van der Waals surface area contributed by atoms with Crippen LogP contribution in [-0.4, -0.2) is 35.4 Å². The zero-order chi connectivity index (χ0) is 18.5. The normalized spacial score (nSPS) is 10.8. The summed E-state index contributed by atoms with van der Waals surface area (Å²) in [6.45, 7) is 0. The van der Waals surface area contributed by atoms with Crippen molar-refractivity contribution >= 4 is 45.4 Å². The first-order valence-corrected chi connectivity index (χ1v) is 9.00. The van der Waals surface area contributed by atoms with Crippen molar-refractivity contribution in [3.8, 4) is 10.6 Å². The first kappa shape index (κ1) is 18.0. The summed E-state index contributed by atoms with van der Waals surface area (Å²) in [7, 11) is 1.32. The monoisotopic (exact) mass is 432 g/mol. The molecule has 0 saturated heterocycles. The number of halogens is 1. The van der Waals surface area contributed by atoms with Gasteiger partial charge in [-0.05, 0) is 51.8 Å². The van der Waals surface area contributed by atoms with Crippen LogP contribution in [0.1, 0.15) is 26.4 Å². The number of carbonyl (C=O) groups excluding carboxylic acids is 2. The molecular formula is C17H13BrN4O3S. The number of ether oxygens (including phenoxy) is 1. The van der Waals surface area contributed by atoms with E-state index in [1.807, 2.05) is 12.1 Å². The highest BCUT2D eigenvalue weighted by Gasteiger charge is 2.12. The molecule has 0 fully saturated rings. The number of H-pyrrole nitrogens is 1. The fourth-order valence-electron chi connectivity index (χ4n) is 2.07. The lowest BCUT2D eigenvalue weighted by atomic mass is 10.1. The van der Waals surface area contributed by atoms with Crippen LogP contribution in [0.4, 0.5) is 0 Å². The number of esters is 1. The Balaban J connectivity index is 1.61. The highest BCUT2D eigenvalue weighted by molar-refractivity contribution is 9.11. The van der Waals surface area contributed by atoms with Gasteiger partial charge in [0.2, 0.25) is 0 Å². The molecule has 9 heteroatoms. The molecule has 1 aromatic carbocycles. The van der Waals surface area contributed by atoms with Gasteiger partial charge in [0.25, 0.3) is 5.91 Å². The minimum atomic E-state index is -0.425. The van der Waals surface area contributed by atoms with Crippen LogP contribution in [0.15, 0.2) is 51.4 Å². The van der Waals surface area contributed by atoms with Crippen molar-refractivity contribution in [3.05, 3.63) is 63.1 Å². The summed E-state index contributed by atoms with van der Waals surface area (Å²) in [6.07, 6.45) is 1.48. The highest BCUT2D eigenvalue weighted by Crippen LogP contribution is 2.30. The van der Waals surface area contributed by atoms with E-state index in [-0.39, 0.29) is 5.69 Å². The van der Waals surface area contributed by atoms with E-state index >= 15 is 0 Å². The SMILES string of the molecule is COC(=O)c1ccc(C=NNC(=O)c2cc(-c3ccc(Br)s3)[nH]n2)cc1. The maximum absolute atomic E-state index is 12.1. The Labute approximate surface area is 161 Å². The van der Waals surface area contributed by atoms with Crippen LogP contribution in [-0.2, 0) is 4.74 Å². The second kappa shape index (κ2) is 8.07. The second-order valence-electron chi connectivity index (χ2n) is 5.08. The number of hydrogen-bond acceptors (Lipinski definition) is 6. The topological polar surface area (TPSA) is 96.4 Å². The van der Waals surface area contributed by atoms with Gasteiger partial charge in [-0.3, -0.25) is 9.89 Å². The van der Waals surface area contributed by atoms with Crippen molar-refractivity contribution in [1.29, 1.82) is 0 Å². The molecule has 0 aliphatic heterocycles. The summed E-state index contributed by atoms with van der Waals surface area (Å²) in [4.78, 5) is 24.4. The lowest BCUT2D eigenvalue weighted by Gasteiger charge is -1.99. The standard InChI is InChI=1S/C17H13BrN4O3S/c1-25-17(24)11-4-2-10(3-5-11)9-19-22-16(23)13-8-12(20-21-13)14-6-7-15(18)26-14/h2-9H,1H3,(H,20,21)(H,22,23). The van der Waals surface area contributed by atoms with E-state index < -0.39 is 11.9 Å². The van der Waals surface area contributed by atoms with Gasteiger partial charge in [0.15, 0.2) is 5.69 Å². The number of aromatic nitrogens is 2. The molecule has 0 radical (unpaired) electrons. The number of amides is 1. The molecule has 0 spiro atoms. The number of aromatic amines is 1. The molecule has 0 bridgehead atoms. The lowest BCUT2D eigenvalue weighted by molar-refractivity contribution is 0.0600. The van der Waals surface area contributed by atoms with Crippen molar-refractivity contribution in [2.24, 2.45) is 5.10 Å². The average molecular weight is 433 g/mol. The molecule has 0 unspecified atom stereocenters. The van der Waals surface area contributed by atoms with Crippen molar-refractivity contribution in [1.82, 2.24) is 15.6 Å². The van der Waals surface area contributed by atoms with E-state index in [0.29, 0.717) is 5.56 Å². The van der Waals surface area contributed by atoms with Crippen LogP contribution in [0.3, 0.4) is 0 Å². The molecule has 3 rings (SSSR count). The summed E-state index contributed by atoms with van der Waals surface area (Å²) in [6, 6.07) is 12.2. The van der Waals surface area contributed by atoms with Gasteiger partial charge in [0.05, 0.1) is 33.2 Å². The lowest BCUT2D eigenvalue weighted by Crippen LogP contribution is -2.18. The van der Waals surface area contributed by atoms with Crippen molar-refractivity contribution in [2.45, 2.75) is 0 Å². The molecule has 1 amide bonds. The van der Waals surface area contributed by atoms with Crippen LogP contribution in [0.25, 0.3) is 10.6 Å². The smallest absolute Gasteiger partial charge is 0.337 e. The maximum atomic E-state index is 12.1. The molecule has 3 aromatic rings. The molecule has 2 N–H and O–H groups in total. The Bertz CT molecular complexity index is 963. The number of hydrogen-bond donors (Lipinski definition) is 2. The Morgan fingerprint density at radius 1 is 1.27 bits per heavy atom. The molecule has 26 heavy (non-hydrogen) atoms. The molecule has 2 heterocycles. The van der Waals surface area contributed by atoms with Crippen LogP contribution >= 0.6 is 27.3 Å². The van der Waals surface area contributed by atoms with E-state index in [1.54, 1.807) is 30.3 Å². The summed E-state index contributed by atoms with van der Waals surface area (Å²) in [5.74, 6) is -0.834. The minimum absolute atomic E-state index is 0.239. The maximum Gasteiger partial charge on any atom is 0.337 e. The third-order valence-electron chi connectivity index (χ3n) is 3.36. The van der Waals surface area contributed by atoms with Gasteiger partial charge >= 0.3 is 5.97 Å². The van der Waals surface area contributed by atoms with E-state index in [9.17, 15) is 9.59 Å². The van der Waals surface area contributed by atoms with Gasteiger partial charge in [-0.15, -0.1) is 11.3 Å². The molecule has 2 aromatic heterocycles. The molecular weight excluding hydrogens is 420 g/mol. The number of hydrazone groups is 1. The van der Waals surface area contributed by atoms with Crippen molar-refractivity contribution < 1.29 is 14.3 Å². The third kappa shape index (κ3) is 4.24. The second-order valence-corrected chi connectivity index (χ2v) is 7.55. The largest absolute Gasteiger partial charge is 0.465 e. The summed E-state index contributed by atoms with van der Waals surface area (Å²) in [5.41, 5.74) is 4.58. The molecule has 0 saturated carbocycles. The number of methoxy groups -OCH3 is 1. The summed E-state index contributed by atoms with van der Waals surface area (Å²) in [5, 5.41) is 10.7. The molecule has 0 aliphatic rings. The van der Waals surface area contributed by atoms with E-state index in [0.717, 1.165) is 19.9 Å². The van der Waals surface area contributed by atoms with Crippen LogP contribution in [0.5, 0.6) is 0 Å². The summed E-state index contributed by atoms with van der Waals surface area (Å²) >= 11 is 4.93. The number of nitrogens with zero attached hydrogens (tertiary/aromatic N) is 2. The molecule has 7 nitrogen and oxygen atoms in total. The number of benzene rings is 1. The fraction of sp³-hybridized carbons (Fsp3) is 0.0588. The van der Waals surface area contributed by atoms with Crippen molar-refractivity contribution in [3.63, 3.8) is 0 Å². The molecule has 132 valence electrons. The Hall–Kier alpha value is -2.78. The predicted molar refractivity (Wildman–Crippen MR) is 102 cm³/mol. The highest BCUT2D eigenvalue weighted by atomic mass is 79.9. The first-order chi connectivity index (χ1) is 12.6. The third-order valence-corrected chi connectivity index (χ3v) is 5.02. The fourth-order valence-corrected chi connectivity index (χ4v) is 3.42. The van der Waals surface area contributed by atoms with Crippen LogP contribution < -0.4 is 5.43 Å². The van der Waals surface area contributed by atoms with Gasteiger partial charge in [-0.25, -0.2) is 10.2 Å². The van der Waals surface area contributed by atoms with Gasteiger partial charge in [-0.1, -0.05) is 12.1 Å². The summed E-state index contributed by atoms with van der Waals surface area (Å²) < 4.78 is 5.63. The Morgan fingerprint density at radius 2 is 2.04 bits per heavy atom. The number of thiophene rings is 1. The van der Waals surface area contributed by atoms with Gasteiger partial charge in [0, 0.05) is 0 Å². The zero-order valence-electron chi connectivity index (χ0n) is 13.5. The van der Waals surface area contributed by atoms with Gasteiger partial charge in [0.1, 0.15) is 0 Å². The number of carbonyl (C=O) groups is 2. The molecule has 0 atom stereocenters. The Kier molecular flexibility index (Phi) is 5.59. The van der Waals surface area contributed by atoms with Crippen LogP contribution in [0.2, 0.25) is 0 Å². The van der Waals surface area contributed by atoms with E-state index in [4.69, 9.17) is 0 Å². The number of nitrogens with one attached hydrogen (secondary N) is 2. The van der Waals surface area contributed by atoms with E-state index in [1.165, 1.54) is 24.7 Å². The van der Waals surface area contributed by atoms with Crippen molar-refractivity contribution in [2.75, 3.05) is 7.11 Å². The predicted octanol–water partition coefficient (Wildman–Crippen LogP) is 3.45. The average Bonchev–Trinajstić information content (AvgIpc) is 3.30. The minimum Gasteiger partial charge on any atom is -0.465 e. The van der Waals surface area contributed by atoms with Gasteiger partial charge < -0.3 is 4.74 Å². The zero-order valence-corrected chi connectivity index (χ0v) is 15.9. The molecule has 0 aliphatic carbocycles. The van der Waals surface area contributed by atoms with E-state index in [2.05, 4.69) is 41.4 Å². The first-order valence-electron chi connectivity index (χ1n) is 7.39. The number of rotatable bonds is 5. The quantitative estimate of drug-likeness (QED) is 0.366. The van der Waals surface area contributed by atoms with Gasteiger partial charge in [-0.2, -0.15) is 10.2 Å². The van der Waals surface area contributed by atoms with Crippen LogP contribution in [0, 0.1) is 0 Å².